The van der Waals surface area contributed by atoms with Crippen LogP contribution in [-0.4, -0.2) is 26.6 Å². The average Bonchev–Trinajstić information content (AvgIpc) is 2.49. The molecule has 5 nitrogen and oxygen atoms in total. The summed E-state index contributed by atoms with van der Waals surface area (Å²) >= 11 is 11.9. The monoisotopic (exact) mass is 387 g/mol. The summed E-state index contributed by atoms with van der Waals surface area (Å²) in [4.78, 5) is 12.4. The Balaban J connectivity index is 2.11. The zero-order valence-corrected chi connectivity index (χ0v) is 15.2. The molecule has 0 spiro atoms. The van der Waals surface area contributed by atoms with E-state index in [2.05, 4.69) is 4.72 Å². The standard InChI is InChI=1S/C16H15Cl2NO4S/c1-10(23-15-9-12(17)5-8-14(15)18)16(20)11-3-6-13(7-4-11)19-24(2,21)22/h3-10,19H,1-2H3/t10-/m0/s1. The molecule has 0 aromatic heterocycles. The maximum Gasteiger partial charge on any atom is 0.229 e. The van der Waals surface area contributed by atoms with Gasteiger partial charge in [0.25, 0.3) is 0 Å². The number of Topliss-reactive ketones (excluding diaryl/α,β-unsaturated/α-hetero) is 1. The summed E-state index contributed by atoms with van der Waals surface area (Å²) in [6.07, 6.45) is 0.270. The molecule has 8 heteroatoms. The fourth-order valence-electron chi connectivity index (χ4n) is 1.96. The second-order valence-corrected chi connectivity index (χ2v) is 7.74. The van der Waals surface area contributed by atoms with E-state index in [-0.39, 0.29) is 5.78 Å². The Hall–Kier alpha value is -1.76. The lowest BCUT2D eigenvalue weighted by Crippen LogP contribution is -2.24. The van der Waals surface area contributed by atoms with Gasteiger partial charge in [0, 0.05) is 22.3 Å². The molecule has 0 aliphatic heterocycles. The van der Waals surface area contributed by atoms with E-state index < -0.39 is 16.1 Å². The SMILES string of the molecule is C[C@H](Oc1cc(Cl)ccc1Cl)C(=O)c1ccc(NS(C)(=O)=O)cc1. The number of anilines is 1. The third kappa shape index (κ3) is 5.12. The van der Waals surface area contributed by atoms with Crippen molar-refractivity contribution in [2.75, 3.05) is 11.0 Å². The summed E-state index contributed by atoms with van der Waals surface area (Å²) in [7, 11) is -3.36. The minimum Gasteiger partial charge on any atom is -0.481 e. The van der Waals surface area contributed by atoms with E-state index in [4.69, 9.17) is 27.9 Å². The minimum atomic E-state index is -3.36. The van der Waals surface area contributed by atoms with E-state index in [9.17, 15) is 13.2 Å². The van der Waals surface area contributed by atoms with Crippen molar-refractivity contribution in [3.8, 4) is 5.75 Å². The number of carbonyl (C=O) groups excluding carboxylic acids is 1. The van der Waals surface area contributed by atoms with Crippen LogP contribution in [0.2, 0.25) is 10.0 Å². The highest BCUT2D eigenvalue weighted by Crippen LogP contribution is 2.29. The molecule has 0 aliphatic carbocycles. The van der Waals surface area contributed by atoms with Gasteiger partial charge in [0.2, 0.25) is 15.8 Å². The van der Waals surface area contributed by atoms with Crippen LogP contribution in [0.4, 0.5) is 5.69 Å². The number of carbonyl (C=O) groups is 1. The van der Waals surface area contributed by atoms with Crippen molar-refractivity contribution in [1.82, 2.24) is 0 Å². The first-order valence-electron chi connectivity index (χ1n) is 6.89. The zero-order chi connectivity index (χ0) is 17.9. The van der Waals surface area contributed by atoms with Crippen molar-refractivity contribution >= 4 is 44.7 Å². The molecular formula is C16H15Cl2NO4S. The lowest BCUT2D eigenvalue weighted by Gasteiger charge is -2.15. The summed E-state index contributed by atoms with van der Waals surface area (Å²) < 4.78 is 30.2. The van der Waals surface area contributed by atoms with Crippen LogP contribution in [0.1, 0.15) is 17.3 Å². The summed E-state index contributed by atoms with van der Waals surface area (Å²) in [5, 5.41) is 0.803. The first kappa shape index (κ1) is 18.6. The Kier molecular flexibility index (Phi) is 5.74. The maximum absolute atomic E-state index is 12.4. The highest BCUT2D eigenvalue weighted by atomic mass is 35.5. The molecular weight excluding hydrogens is 373 g/mol. The van der Waals surface area contributed by atoms with Gasteiger partial charge in [-0.1, -0.05) is 23.2 Å². The molecule has 1 N–H and O–H groups in total. The lowest BCUT2D eigenvalue weighted by atomic mass is 10.1. The molecule has 0 saturated heterocycles. The molecule has 1 atom stereocenters. The lowest BCUT2D eigenvalue weighted by molar-refractivity contribution is 0.0818. The number of ketones is 1. The Morgan fingerprint density at radius 2 is 1.75 bits per heavy atom. The van der Waals surface area contributed by atoms with Crippen LogP contribution < -0.4 is 9.46 Å². The molecule has 0 saturated carbocycles. The van der Waals surface area contributed by atoms with Gasteiger partial charge < -0.3 is 4.74 Å². The van der Waals surface area contributed by atoms with Gasteiger partial charge in [-0.3, -0.25) is 9.52 Å². The molecule has 2 aromatic rings. The summed E-state index contributed by atoms with van der Waals surface area (Å²) in [5.41, 5.74) is 0.764. The summed E-state index contributed by atoms with van der Waals surface area (Å²) in [6.45, 7) is 1.60. The number of rotatable bonds is 6. The van der Waals surface area contributed by atoms with E-state index in [1.165, 1.54) is 30.3 Å². The largest absolute Gasteiger partial charge is 0.481 e. The topological polar surface area (TPSA) is 72.5 Å². The predicted molar refractivity (Wildman–Crippen MR) is 95.8 cm³/mol. The first-order chi connectivity index (χ1) is 11.2. The first-order valence-corrected chi connectivity index (χ1v) is 9.54. The van der Waals surface area contributed by atoms with Gasteiger partial charge in [-0.05, 0) is 43.3 Å². The summed E-state index contributed by atoms with van der Waals surface area (Å²) in [5.74, 6) is 0.0531. The third-order valence-corrected chi connectivity index (χ3v) is 4.19. The Bertz CT molecular complexity index is 851. The molecule has 24 heavy (non-hydrogen) atoms. The molecule has 0 unspecified atom stereocenters. The normalized spacial score (nSPS) is 12.5. The maximum atomic E-state index is 12.4. The van der Waals surface area contributed by atoms with Crippen molar-refractivity contribution < 1.29 is 17.9 Å². The molecule has 0 bridgehead atoms. The number of hydrogen-bond acceptors (Lipinski definition) is 4. The van der Waals surface area contributed by atoms with Gasteiger partial charge in [0.05, 0.1) is 11.3 Å². The molecule has 0 fully saturated rings. The number of benzene rings is 2. The van der Waals surface area contributed by atoms with Crippen LogP contribution in [0.5, 0.6) is 5.75 Å². The second-order valence-electron chi connectivity index (χ2n) is 5.15. The van der Waals surface area contributed by atoms with Gasteiger partial charge in [-0.15, -0.1) is 0 Å². The van der Waals surface area contributed by atoms with Gasteiger partial charge >= 0.3 is 0 Å². The van der Waals surface area contributed by atoms with Crippen molar-refractivity contribution in [3.63, 3.8) is 0 Å². The number of sulfonamides is 1. The third-order valence-electron chi connectivity index (χ3n) is 3.04. The Morgan fingerprint density at radius 3 is 2.33 bits per heavy atom. The van der Waals surface area contributed by atoms with E-state index in [1.807, 2.05) is 0 Å². The van der Waals surface area contributed by atoms with Crippen molar-refractivity contribution in [2.24, 2.45) is 0 Å². The van der Waals surface area contributed by atoms with Crippen molar-refractivity contribution in [3.05, 3.63) is 58.1 Å². The fraction of sp³-hybridized carbons (Fsp3) is 0.188. The number of nitrogens with one attached hydrogen (secondary N) is 1. The highest BCUT2D eigenvalue weighted by molar-refractivity contribution is 7.92. The van der Waals surface area contributed by atoms with E-state index in [0.29, 0.717) is 27.0 Å². The smallest absolute Gasteiger partial charge is 0.229 e. The van der Waals surface area contributed by atoms with E-state index >= 15 is 0 Å². The quantitative estimate of drug-likeness (QED) is 0.759. The molecule has 0 amide bonds. The average molecular weight is 388 g/mol. The molecule has 128 valence electrons. The predicted octanol–water partition coefficient (Wildman–Crippen LogP) is 4.02. The number of halogens is 2. The molecule has 0 radical (unpaired) electrons. The van der Waals surface area contributed by atoms with Gasteiger partial charge in [-0.2, -0.15) is 0 Å². The highest BCUT2D eigenvalue weighted by Gasteiger charge is 2.18. The summed E-state index contributed by atoms with van der Waals surface area (Å²) in [6, 6.07) is 10.8. The molecule has 2 aromatic carbocycles. The Morgan fingerprint density at radius 1 is 1.12 bits per heavy atom. The molecule has 0 heterocycles. The van der Waals surface area contributed by atoms with E-state index in [0.717, 1.165) is 6.26 Å². The Labute approximate surface area is 150 Å². The van der Waals surface area contributed by atoms with Gasteiger partial charge in [0.1, 0.15) is 5.75 Å². The second kappa shape index (κ2) is 7.42. The molecule has 2 rings (SSSR count). The van der Waals surface area contributed by atoms with Crippen molar-refractivity contribution in [1.29, 1.82) is 0 Å². The van der Waals surface area contributed by atoms with Crippen LogP contribution in [0.15, 0.2) is 42.5 Å². The fourth-order valence-corrected chi connectivity index (χ4v) is 2.85. The number of hydrogen-bond donors (Lipinski definition) is 1. The van der Waals surface area contributed by atoms with Crippen molar-refractivity contribution in [2.45, 2.75) is 13.0 Å². The molecule has 0 aliphatic rings. The van der Waals surface area contributed by atoms with Crippen LogP contribution in [0, 0.1) is 0 Å². The van der Waals surface area contributed by atoms with Gasteiger partial charge in [0.15, 0.2) is 6.10 Å². The minimum absolute atomic E-state index is 0.267. The van der Waals surface area contributed by atoms with Crippen LogP contribution in [0.25, 0.3) is 0 Å². The van der Waals surface area contributed by atoms with Crippen LogP contribution >= 0.6 is 23.2 Å². The van der Waals surface area contributed by atoms with E-state index in [1.54, 1.807) is 19.1 Å². The number of ether oxygens (including phenoxy) is 1. The zero-order valence-electron chi connectivity index (χ0n) is 12.9. The van der Waals surface area contributed by atoms with Gasteiger partial charge in [-0.25, -0.2) is 8.42 Å². The van der Waals surface area contributed by atoms with Crippen LogP contribution in [0.3, 0.4) is 0 Å². The van der Waals surface area contributed by atoms with Crippen LogP contribution in [-0.2, 0) is 10.0 Å².